The number of pyridine rings is 1. The lowest BCUT2D eigenvalue weighted by atomic mass is 9.90. The Morgan fingerprint density at radius 3 is 2.19 bits per heavy atom. The molecule has 5 heteroatoms. The lowest BCUT2D eigenvalue weighted by Crippen LogP contribution is -2.24. The Labute approximate surface area is 212 Å². The minimum Gasteiger partial charge on any atom is -0.497 e. The van der Waals surface area contributed by atoms with Crippen LogP contribution in [0.15, 0.2) is 89.7 Å². The fourth-order valence-electron chi connectivity index (χ4n) is 5.19. The molecule has 0 atom stereocenters. The average molecular weight is 487 g/mol. The first-order valence-corrected chi connectivity index (χ1v) is 13.0. The van der Waals surface area contributed by atoms with Crippen LogP contribution in [0.3, 0.4) is 0 Å². The van der Waals surface area contributed by atoms with E-state index in [1.807, 2.05) is 36.6 Å². The molecule has 0 aliphatic carbocycles. The smallest absolute Gasteiger partial charge is 0.270 e. The highest BCUT2D eigenvalue weighted by molar-refractivity contribution is 7.97. The highest BCUT2D eigenvalue weighted by atomic mass is 32.2. The lowest BCUT2D eigenvalue weighted by molar-refractivity contribution is 0.415. The summed E-state index contributed by atoms with van der Waals surface area (Å²) in [6.07, 6.45) is 1.96. The van der Waals surface area contributed by atoms with Gasteiger partial charge in [0.15, 0.2) is 0 Å². The number of hydrogen-bond donors (Lipinski definition) is 0. The van der Waals surface area contributed by atoms with Gasteiger partial charge in [-0.3, -0.25) is 9.36 Å². The zero-order valence-corrected chi connectivity index (χ0v) is 20.7. The number of rotatable bonds is 5. The van der Waals surface area contributed by atoms with E-state index in [0.717, 1.165) is 28.0 Å². The predicted octanol–water partition coefficient (Wildman–Crippen LogP) is 7.28. The summed E-state index contributed by atoms with van der Waals surface area (Å²) in [5.74, 6) is 1.17. The molecule has 174 valence electrons. The maximum absolute atomic E-state index is 13.7. The monoisotopic (exact) mass is 486 g/mol. The van der Waals surface area contributed by atoms with Crippen molar-refractivity contribution in [2.24, 2.45) is 0 Å². The molecule has 0 N–H and O–H groups in total. The molecular formula is C31H22N2O2S. The number of aromatic nitrogens is 1. The Morgan fingerprint density at radius 2 is 1.53 bits per heavy atom. The molecule has 4 nitrogen and oxygen atoms in total. The molecule has 0 saturated heterocycles. The zero-order valence-electron chi connectivity index (χ0n) is 19.9. The van der Waals surface area contributed by atoms with Crippen molar-refractivity contribution in [1.29, 1.82) is 5.26 Å². The van der Waals surface area contributed by atoms with Crippen LogP contribution >= 0.6 is 11.8 Å². The van der Waals surface area contributed by atoms with Gasteiger partial charge in [0.25, 0.3) is 5.56 Å². The van der Waals surface area contributed by atoms with Crippen molar-refractivity contribution in [3.05, 3.63) is 101 Å². The lowest BCUT2D eigenvalue weighted by Gasteiger charge is -2.19. The summed E-state index contributed by atoms with van der Waals surface area (Å²) < 4.78 is 7.02. The van der Waals surface area contributed by atoms with E-state index in [1.54, 1.807) is 23.4 Å². The SMILES string of the molecule is COc1ccc(-c2cc(-c3ccc4ccc5cccc6ccc3c4c56)n(CSC)c(=O)c2C#N)cc1. The molecule has 1 aromatic heterocycles. The molecule has 0 bridgehead atoms. The molecule has 0 spiro atoms. The Bertz CT molecular complexity index is 1850. The van der Waals surface area contributed by atoms with Gasteiger partial charge in [0.05, 0.1) is 18.7 Å². The summed E-state index contributed by atoms with van der Waals surface area (Å²) >= 11 is 1.55. The maximum Gasteiger partial charge on any atom is 0.270 e. The van der Waals surface area contributed by atoms with E-state index in [0.29, 0.717) is 11.4 Å². The number of methoxy groups -OCH3 is 1. The second-order valence-electron chi connectivity index (χ2n) is 8.78. The van der Waals surface area contributed by atoms with Crippen LogP contribution in [0.25, 0.3) is 54.7 Å². The summed E-state index contributed by atoms with van der Waals surface area (Å²) in [6, 6.07) is 30.8. The maximum atomic E-state index is 13.7. The highest BCUT2D eigenvalue weighted by Gasteiger charge is 2.20. The third kappa shape index (κ3) is 3.34. The first-order chi connectivity index (χ1) is 17.6. The fraction of sp³-hybridized carbons (Fsp3) is 0.0968. The van der Waals surface area contributed by atoms with Gasteiger partial charge in [-0.25, -0.2) is 0 Å². The van der Waals surface area contributed by atoms with Crippen molar-refractivity contribution in [3.63, 3.8) is 0 Å². The van der Waals surface area contributed by atoms with Gasteiger partial charge in [0.2, 0.25) is 0 Å². The van der Waals surface area contributed by atoms with Gasteiger partial charge in [-0.05, 0) is 62.3 Å². The van der Waals surface area contributed by atoms with Crippen LogP contribution < -0.4 is 10.3 Å². The Kier molecular flexibility index (Phi) is 5.40. The van der Waals surface area contributed by atoms with Crippen LogP contribution in [-0.2, 0) is 5.88 Å². The Hall–Kier alpha value is -4.27. The topological polar surface area (TPSA) is 55.0 Å². The first kappa shape index (κ1) is 22.2. The van der Waals surface area contributed by atoms with Gasteiger partial charge in [-0.2, -0.15) is 5.26 Å². The average Bonchev–Trinajstić information content (AvgIpc) is 2.93. The fourth-order valence-corrected chi connectivity index (χ4v) is 5.71. The second kappa shape index (κ2) is 8.75. The van der Waals surface area contributed by atoms with Crippen molar-refractivity contribution in [2.75, 3.05) is 13.4 Å². The molecule has 0 aliphatic rings. The van der Waals surface area contributed by atoms with Crippen LogP contribution in [0.4, 0.5) is 0 Å². The quantitative estimate of drug-likeness (QED) is 0.240. The molecule has 0 radical (unpaired) electrons. The van der Waals surface area contributed by atoms with E-state index in [9.17, 15) is 10.1 Å². The third-order valence-electron chi connectivity index (χ3n) is 6.88. The molecule has 0 fully saturated rings. The van der Waals surface area contributed by atoms with E-state index in [2.05, 4.69) is 60.7 Å². The number of nitriles is 1. The minimum absolute atomic E-state index is 0.149. The van der Waals surface area contributed by atoms with E-state index >= 15 is 0 Å². The number of thioether (sulfide) groups is 1. The minimum atomic E-state index is -0.277. The Balaban J connectivity index is 1.71. The summed E-state index contributed by atoms with van der Waals surface area (Å²) in [4.78, 5) is 13.7. The van der Waals surface area contributed by atoms with Crippen LogP contribution in [0.1, 0.15) is 5.56 Å². The largest absolute Gasteiger partial charge is 0.497 e. The van der Waals surface area contributed by atoms with E-state index in [1.165, 1.54) is 26.9 Å². The molecule has 5 aromatic carbocycles. The van der Waals surface area contributed by atoms with Crippen molar-refractivity contribution in [1.82, 2.24) is 4.57 Å². The number of hydrogen-bond acceptors (Lipinski definition) is 4. The van der Waals surface area contributed by atoms with Gasteiger partial charge >= 0.3 is 0 Å². The van der Waals surface area contributed by atoms with E-state index in [-0.39, 0.29) is 11.1 Å². The number of nitrogens with zero attached hydrogens (tertiary/aromatic N) is 2. The van der Waals surface area contributed by atoms with Gasteiger partial charge in [0, 0.05) is 11.1 Å². The standard InChI is InChI=1S/C31H22N2O2S/c1-35-23-12-8-19(9-13-23)26-16-28(33(18-36-2)31(34)27(26)17-32)24-14-10-22-7-6-20-4-3-5-21-11-15-25(24)30(22)29(20)21/h3-16H,18H2,1-2H3. The van der Waals surface area contributed by atoms with Crippen LogP contribution in [0.5, 0.6) is 5.75 Å². The van der Waals surface area contributed by atoms with Crippen LogP contribution in [0.2, 0.25) is 0 Å². The summed E-state index contributed by atoms with van der Waals surface area (Å²) in [5, 5.41) is 17.1. The zero-order chi connectivity index (χ0) is 24.8. The van der Waals surface area contributed by atoms with Crippen molar-refractivity contribution < 1.29 is 4.74 Å². The van der Waals surface area contributed by atoms with Gasteiger partial charge in [0.1, 0.15) is 17.4 Å². The van der Waals surface area contributed by atoms with E-state index < -0.39 is 0 Å². The molecule has 6 aromatic rings. The van der Waals surface area contributed by atoms with Gasteiger partial charge in [-0.1, -0.05) is 66.7 Å². The van der Waals surface area contributed by atoms with Gasteiger partial charge < -0.3 is 4.74 Å². The van der Waals surface area contributed by atoms with Crippen LogP contribution in [0, 0.1) is 11.3 Å². The van der Waals surface area contributed by atoms with Crippen molar-refractivity contribution >= 4 is 44.1 Å². The molecule has 0 amide bonds. The summed E-state index contributed by atoms with van der Waals surface area (Å²) in [7, 11) is 1.62. The molecular weight excluding hydrogens is 464 g/mol. The normalized spacial score (nSPS) is 11.4. The second-order valence-corrected chi connectivity index (χ2v) is 9.61. The summed E-state index contributed by atoms with van der Waals surface area (Å²) in [5.41, 5.74) is 3.09. The predicted molar refractivity (Wildman–Crippen MR) is 150 cm³/mol. The first-order valence-electron chi connectivity index (χ1n) is 11.6. The molecule has 1 heterocycles. The van der Waals surface area contributed by atoms with E-state index in [4.69, 9.17) is 4.74 Å². The summed E-state index contributed by atoms with van der Waals surface area (Å²) in [6.45, 7) is 0. The molecule has 6 rings (SSSR count). The van der Waals surface area contributed by atoms with Crippen molar-refractivity contribution in [2.45, 2.75) is 5.88 Å². The van der Waals surface area contributed by atoms with Crippen molar-refractivity contribution in [3.8, 4) is 34.2 Å². The molecule has 0 aliphatic heterocycles. The molecule has 0 saturated carbocycles. The number of ether oxygens (including phenoxy) is 1. The Morgan fingerprint density at radius 1 is 0.861 bits per heavy atom. The highest BCUT2D eigenvalue weighted by Crippen LogP contribution is 2.40. The van der Waals surface area contributed by atoms with Crippen LogP contribution in [-0.4, -0.2) is 17.9 Å². The molecule has 36 heavy (non-hydrogen) atoms. The number of benzene rings is 5. The van der Waals surface area contributed by atoms with Gasteiger partial charge in [-0.15, -0.1) is 11.8 Å². The third-order valence-corrected chi connectivity index (χ3v) is 7.39. The molecule has 0 unspecified atom stereocenters.